The van der Waals surface area contributed by atoms with Crippen molar-refractivity contribution in [3.8, 4) is 0 Å². The van der Waals surface area contributed by atoms with Crippen LogP contribution in [0.2, 0.25) is 0 Å². The van der Waals surface area contributed by atoms with Gasteiger partial charge in [-0.15, -0.1) is 0 Å². The zero-order valence-electron chi connectivity index (χ0n) is 19.0. The largest absolute Gasteiger partial charge is 0.378 e. The van der Waals surface area contributed by atoms with Gasteiger partial charge in [-0.3, -0.25) is 4.79 Å². The first-order chi connectivity index (χ1) is 13.4. The molecule has 0 aromatic rings. The summed E-state index contributed by atoms with van der Waals surface area (Å²) in [5.74, 6) is 4.26. The second-order valence-corrected chi connectivity index (χ2v) is 11.4. The predicted molar refractivity (Wildman–Crippen MR) is 115 cm³/mol. The lowest BCUT2D eigenvalue weighted by Crippen LogP contribution is -2.54. The highest BCUT2D eigenvalue weighted by atomic mass is 16.5. The van der Waals surface area contributed by atoms with Crippen molar-refractivity contribution in [3.05, 3.63) is 0 Å². The molecule has 0 heterocycles. The molecule has 0 bridgehead atoms. The van der Waals surface area contributed by atoms with Gasteiger partial charge in [0.1, 0.15) is 5.78 Å². The van der Waals surface area contributed by atoms with Gasteiger partial charge in [0, 0.05) is 12.5 Å². The number of rotatable bonds is 6. The molecule has 2 heteroatoms. The quantitative estimate of drug-likeness (QED) is 0.467. The molecule has 4 fully saturated rings. The Morgan fingerprint density at radius 3 is 2.43 bits per heavy atom. The number of Topliss-reactive ketones (excluding diaryl/α,β-unsaturated/α-hetero) is 1. The molecule has 0 radical (unpaired) electrons. The lowest BCUT2D eigenvalue weighted by Gasteiger charge is -2.61. The van der Waals surface area contributed by atoms with E-state index in [2.05, 4.69) is 20.8 Å². The van der Waals surface area contributed by atoms with E-state index in [0.717, 1.165) is 36.7 Å². The molecular formula is C26H44O2. The molecule has 4 aliphatic rings. The maximum Gasteiger partial charge on any atom is 0.133 e. The maximum atomic E-state index is 12.3. The summed E-state index contributed by atoms with van der Waals surface area (Å²) in [6.45, 7) is 10.2. The molecule has 0 aromatic carbocycles. The van der Waals surface area contributed by atoms with Crippen LogP contribution in [0.15, 0.2) is 0 Å². The van der Waals surface area contributed by atoms with Crippen LogP contribution in [0.5, 0.6) is 0 Å². The minimum Gasteiger partial charge on any atom is -0.378 e. The average Bonchev–Trinajstić information content (AvgIpc) is 3.03. The fraction of sp³-hybridized carbons (Fsp3) is 0.962. The number of ketones is 1. The summed E-state index contributed by atoms with van der Waals surface area (Å²) in [6, 6.07) is 0. The number of unbranched alkanes of at least 4 members (excludes halogenated alkanes) is 2. The summed E-state index contributed by atoms with van der Waals surface area (Å²) in [7, 11) is 0. The highest BCUT2D eigenvalue weighted by molar-refractivity contribution is 5.79. The lowest BCUT2D eigenvalue weighted by molar-refractivity contribution is -0.142. The molecule has 0 aromatic heterocycles. The molecule has 1 unspecified atom stereocenters. The van der Waals surface area contributed by atoms with Crippen LogP contribution in [0.4, 0.5) is 0 Å². The van der Waals surface area contributed by atoms with Gasteiger partial charge in [-0.1, -0.05) is 33.6 Å². The Kier molecular flexibility index (Phi) is 6.00. The molecule has 160 valence electrons. The molecule has 0 amide bonds. The molecular weight excluding hydrogens is 344 g/mol. The van der Waals surface area contributed by atoms with Gasteiger partial charge >= 0.3 is 0 Å². The van der Waals surface area contributed by atoms with Crippen molar-refractivity contribution in [2.45, 2.75) is 111 Å². The molecule has 0 N–H and O–H groups in total. The standard InChI is InChI=1S/C26H44O2/c1-5-6-7-16-28-20-12-14-25(3)19(17-20)8-9-21-23-11-10-22(18(2)27)26(23,4)15-13-24(21)25/h19-24H,5-17H2,1-4H3/t19?,20-,21+,22-,23+,24+,25+,26-/m1/s1. The lowest BCUT2D eigenvalue weighted by atomic mass is 9.44. The van der Waals surface area contributed by atoms with E-state index >= 15 is 0 Å². The topological polar surface area (TPSA) is 26.3 Å². The van der Waals surface area contributed by atoms with Gasteiger partial charge in [0.2, 0.25) is 0 Å². The third-order valence-electron chi connectivity index (χ3n) is 10.2. The molecule has 0 saturated heterocycles. The van der Waals surface area contributed by atoms with Gasteiger partial charge in [0.15, 0.2) is 0 Å². The van der Waals surface area contributed by atoms with Gasteiger partial charge in [0.25, 0.3) is 0 Å². The van der Waals surface area contributed by atoms with Crippen molar-refractivity contribution < 1.29 is 9.53 Å². The Hall–Kier alpha value is -0.370. The summed E-state index contributed by atoms with van der Waals surface area (Å²) in [6.07, 6.45) is 16.3. The Morgan fingerprint density at radius 1 is 0.929 bits per heavy atom. The maximum absolute atomic E-state index is 12.3. The minimum atomic E-state index is 0.301. The summed E-state index contributed by atoms with van der Waals surface area (Å²) in [4.78, 5) is 12.3. The van der Waals surface area contributed by atoms with Crippen molar-refractivity contribution in [2.75, 3.05) is 6.61 Å². The van der Waals surface area contributed by atoms with Crippen LogP contribution >= 0.6 is 0 Å². The zero-order valence-corrected chi connectivity index (χ0v) is 19.0. The predicted octanol–water partition coefficient (Wildman–Crippen LogP) is 6.81. The van der Waals surface area contributed by atoms with Crippen molar-refractivity contribution in [1.82, 2.24) is 0 Å². The van der Waals surface area contributed by atoms with E-state index in [1.54, 1.807) is 0 Å². The van der Waals surface area contributed by atoms with Gasteiger partial charge < -0.3 is 4.74 Å². The van der Waals surface area contributed by atoms with Crippen LogP contribution < -0.4 is 0 Å². The van der Waals surface area contributed by atoms with E-state index < -0.39 is 0 Å². The van der Waals surface area contributed by atoms with Gasteiger partial charge in [-0.25, -0.2) is 0 Å². The van der Waals surface area contributed by atoms with Crippen LogP contribution in [0.25, 0.3) is 0 Å². The highest BCUT2D eigenvalue weighted by Crippen LogP contribution is 2.67. The van der Waals surface area contributed by atoms with E-state index in [0.29, 0.717) is 28.6 Å². The molecule has 0 spiro atoms. The average molecular weight is 389 g/mol. The SMILES string of the molecule is CCCCCO[C@@H]1CC[C@@]2(C)C(CC[C@H]3[C@@H]4CC[C@H](C(C)=O)[C@@]4(C)CC[C@@H]32)C1. The van der Waals surface area contributed by atoms with Crippen LogP contribution in [0.1, 0.15) is 105 Å². The van der Waals surface area contributed by atoms with E-state index in [4.69, 9.17) is 4.74 Å². The van der Waals surface area contributed by atoms with Crippen molar-refractivity contribution in [3.63, 3.8) is 0 Å². The third-order valence-corrected chi connectivity index (χ3v) is 10.2. The second kappa shape index (κ2) is 8.05. The van der Waals surface area contributed by atoms with Crippen LogP contribution in [0, 0.1) is 40.4 Å². The fourth-order valence-corrected chi connectivity index (χ4v) is 8.64. The molecule has 4 rings (SSSR count). The first-order valence-corrected chi connectivity index (χ1v) is 12.5. The monoisotopic (exact) mass is 388 g/mol. The highest BCUT2D eigenvalue weighted by Gasteiger charge is 2.60. The fourth-order valence-electron chi connectivity index (χ4n) is 8.64. The number of ether oxygens (including phenoxy) is 1. The van der Waals surface area contributed by atoms with Crippen molar-refractivity contribution in [2.24, 2.45) is 40.4 Å². The summed E-state index contributed by atoms with van der Waals surface area (Å²) in [5.41, 5.74) is 0.831. The third kappa shape index (κ3) is 3.40. The van der Waals surface area contributed by atoms with E-state index in [9.17, 15) is 4.79 Å². The summed E-state index contributed by atoms with van der Waals surface area (Å²) >= 11 is 0. The number of carbonyl (C=O) groups excluding carboxylic acids is 1. The number of fused-ring (bicyclic) bond motifs is 5. The minimum absolute atomic E-state index is 0.301. The number of hydrogen-bond acceptors (Lipinski definition) is 2. The van der Waals surface area contributed by atoms with E-state index in [1.165, 1.54) is 70.6 Å². The normalized spacial score (nSPS) is 47.9. The van der Waals surface area contributed by atoms with E-state index in [-0.39, 0.29) is 0 Å². The molecule has 8 atom stereocenters. The number of carbonyl (C=O) groups is 1. The first kappa shape index (κ1) is 20.9. The Balaban J connectivity index is 1.42. The van der Waals surface area contributed by atoms with Crippen molar-refractivity contribution in [1.29, 1.82) is 0 Å². The smallest absolute Gasteiger partial charge is 0.133 e. The van der Waals surface area contributed by atoms with E-state index in [1.807, 2.05) is 6.92 Å². The van der Waals surface area contributed by atoms with Crippen LogP contribution in [0.3, 0.4) is 0 Å². The van der Waals surface area contributed by atoms with Gasteiger partial charge in [-0.05, 0) is 106 Å². The zero-order chi connectivity index (χ0) is 19.9. The van der Waals surface area contributed by atoms with Crippen molar-refractivity contribution >= 4 is 5.78 Å². The number of hydrogen-bond donors (Lipinski definition) is 0. The molecule has 28 heavy (non-hydrogen) atoms. The second-order valence-electron chi connectivity index (χ2n) is 11.4. The van der Waals surface area contributed by atoms with Gasteiger partial charge in [-0.2, -0.15) is 0 Å². The summed E-state index contributed by atoms with van der Waals surface area (Å²) < 4.78 is 6.30. The Morgan fingerprint density at radius 2 is 1.68 bits per heavy atom. The Bertz CT molecular complexity index is 571. The van der Waals surface area contributed by atoms with Crippen LogP contribution in [-0.4, -0.2) is 18.5 Å². The summed E-state index contributed by atoms with van der Waals surface area (Å²) in [5, 5.41) is 0. The Labute approximate surface area is 173 Å². The van der Waals surface area contributed by atoms with Gasteiger partial charge in [0.05, 0.1) is 6.10 Å². The molecule has 4 saturated carbocycles. The first-order valence-electron chi connectivity index (χ1n) is 12.5. The molecule has 2 nitrogen and oxygen atoms in total. The molecule has 0 aliphatic heterocycles. The molecule has 4 aliphatic carbocycles. The van der Waals surface area contributed by atoms with Crippen LogP contribution in [-0.2, 0) is 9.53 Å².